The highest BCUT2D eigenvalue weighted by atomic mass is 32.2. The molecule has 102 valence electrons. The third-order valence-corrected chi connectivity index (χ3v) is 4.12. The number of rotatable bonds is 4. The minimum absolute atomic E-state index is 0.0134. The normalized spacial score (nSPS) is 13.4. The van der Waals surface area contributed by atoms with Gasteiger partial charge in [-0.25, -0.2) is 22.5 Å². The third-order valence-electron chi connectivity index (χ3n) is 2.53. The Kier molecular flexibility index (Phi) is 3.54. The van der Waals surface area contributed by atoms with E-state index in [9.17, 15) is 12.8 Å². The lowest BCUT2D eigenvalue weighted by molar-refractivity contribution is 0.559. The van der Waals surface area contributed by atoms with Crippen molar-refractivity contribution in [3.63, 3.8) is 0 Å². The molecule has 0 aliphatic heterocycles. The van der Waals surface area contributed by atoms with Gasteiger partial charge in [-0.15, -0.1) is 0 Å². The molecule has 0 bridgehead atoms. The highest BCUT2D eigenvalue weighted by Crippen LogP contribution is 2.21. The molecule has 0 saturated heterocycles. The van der Waals surface area contributed by atoms with Crippen LogP contribution in [0.3, 0.4) is 0 Å². The number of aromatic nitrogens is 2. The predicted octanol–water partition coefficient (Wildman–Crippen LogP) is 1.17. The zero-order valence-corrected chi connectivity index (χ0v) is 10.9. The second-order valence-electron chi connectivity index (χ2n) is 4.00. The molecule has 19 heavy (non-hydrogen) atoms. The summed E-state index contributed by atoms with van der Waals surface area (Å²) in [4.78, 5) is 6.45. The first-order chi connectivity index (χ1) is 8.90. The minimum atomic E-state index is -3.91. The number of H-pyrrole nitrogens is 1. The van der Waals surface area contributed by atoms with Gasteiger partial charge in [0, 0.05) is 12.4 Å². The minimum Gasteiger partial charge on any atom is -0.398 e. The van der Waals surface area contributed by atoms with Crippen molar-refractivity contribution in [2.75, 3.05) is 5.73 Å². The number of anilines is 1. The first-order valence-corrected chi connectivity index (χ1v) is 6.95. The molecule has 8 heteroatoms. The monoisotopic (exact) mass is 284 g/mol. The van der Waals surface area contributed by atoms with Crippen molar-refractivity contribution in [3.8, 4) is 0 Å². The molecule has 0 spiro atoms. The van der Waals surface area contributed by atoms with Gasteiger partial charge < -0.3 is 10.7 Å². The van der Waals surface area contributed by atoms with Crippen LogP contribution in [0.1, 0.15) is 18.8 Å². The lowest BCUT2D eigenvalue weighted by atomic mass is 10.3. The Labute approximate surface area is 109 Å². The van der Waals surface area contributed by atoms with E-state index < -0.39 is 21.9 Å². The van der Waals surface area contributed by atoms with Gasteiger partial charge in [-0.3, -0.25) is 0 Å². The molecule has 1 unspecified atom stereocenters. The second-order valence-corrected chi connectivity index (χ2v) is 5.68. The number of sulfonamides is 1. The Morgan fingerprint density at radius 3 is 2.84 bits per heavy atom. The summed E-state index contributed by atoms with van der Waals surface area (Å²) in [6.45, 7) is 1.62. The standard InChI is InChI=1S/C11H13FN4O2S/c1-7(11-14-4-5-15-11)16-19(17,18)10-6-8(12)2-3-9(10)13/h2-7,16H,13H2,1H3,(H,14,15). The number of nitrogens with zero attached hydrogens (tertiary/aromatic N) is 1. The number of nitrogens with one attached hydrogen (secondary N) is 2. The van der Waals surface area contributed by atoms with Crippen molar-refractivity contribution >= 4 is 15.7 Å². The van der Waals surface area contributed by atoms with Gasteiger partial charge in [-0.1, -0.05) is 0 Å². The lowest BCUT2D eigenvalue weighted by Crippen LogP contribution is -2.28. The third kappa shape index (κ3) is 2.91. The summed E-state index contributed by atoms with van der Waals surface area (Å²) in [6, 6.07) is 2.61. The van der Waals surface area contributed by atoms with E-state index in [1.807, 2.05) is 0 Å². The molecule has 2 aromatic rings. The highest BCUT2D eigenvalue weighted by molar-refractivity contribution is 7.89. The molecule has 4 N–H and O–H groups in total. The number of nitrogens with two attached hydrogens (primary N) is 1. The van der Waals surface area contributed by atoms with E-state index >= 15 is 0 Å². The van der Waals surface area contributed by atoms with Crippen LogP contribution in [0.5, 0.6) is 0 Å². The Morgan fingerprint density at radius 2 is 2.21 bits per heavy atom. The largest absolute Gasteiger partial charge is 0.398 e. The molecule has 0 aliphatic carbocycles. The molecule has 0 radical (unpaired) electrons. The van der Waals surface area contributed by atoms with Gasteiger partial charge in [0.25, 0.3) is 0 Å². The van der Waals surface area contributed by atoms with E-state index in [0.717, 1.165) is 12.1 Å². The first-order valence-electron chi connectivity index (χ1n) is 5.47. The zero-order chi connectivity index (χ0) is 14.0. The fourth-order valence-corrected chi connectivity index (χ4v) is 2.96. The fourth-order valence-electron chi connectivity index (χ4n) is 1.61. The molecule has 2 rings (SSSR count). The van der Waals surface area contributed by atoms with Gasteiger partial charge in [0.2, 0.25) is 10.0 Å². The maximum absolute atomic E-state index is 13.1. The summed E-state index contributed by atoms with van der Waals surface area (Å²) >= 11 is 0. The van der Waals surface area contributed by atoms with E-state index in [2.05, 4.69) is 14.7 Å². The summed E-state index contributed by atoms with van der Waals surface area (Å²) in [7, 11) is -3.91. The number of nitrogen functional groups attached to an aromatic ring is 1. The molecule has 1 aromatic heterocycles. The maximum Gasteiger partial charge on any atom is 0.243 e. The van der Waals surface area contributed by atoms with E-state index in [1.54, 1.807) is 13.1 Å². The summed E-state index contributed by atoms with van der Waals surface area (Å²) in [5.74, 6) is -0.209. The molecule has 0 aliphatic rings. The maximum atomic E-state index is 13.1. The quantitative estimate of drug-likeness (QED) is 0.733. The smallest absolute Gasteiger partial charge is 0.243 e. The number of benzene rings is 1. The lowest BCUT2D eigenvalue weighted by Gasteiger charge is -2.13. The van der Waals surface area contributed by atoms with Crippen molar-refractivity contribution in [3.05, 3.63) is 42.2 Å². The van der Waals surface area contributed by atoms with Crippen molar-refractivity contribution in [1.82, 2.24) is 14.7 Å². The van der Waals surface area contributed by atoms with Crippen LogP contribution in [0.2, 0.25) is 0 Å². The first kappa shape index (κ1) is 13.5. The van der Waals surface area contributed by atoms with Crippen LogP contribution < -0.4 is 10.5 Å². The van der Waals surface area contributed by atoms with Crippen molar-refractivity contribution in [2.24, 2.45) is 0 Å². The van der Waals surface area contributed by atoms with Gasteiger partial charge >= 0.3 is 0 Å². The van der Waals surface area contributed by atoms with E-state index in [4.69, 9.17) is 5.73 Å². The zero-order valence-electron chi connectivity index (χ0n) is 10.1. The van der Waals surface area contributed by atoms with Crippen LogP contribution in [0.15, 0.2) is 35.5 Å². The van der Waals surface area contributed by atoms with Gasteiger partial charge in [0.1, 0.15) is 16.5 Å². The van der Waals surface area contributed by atoms with Gasteiger partial charge in [-0.05, 0) is 25.1 Å². The average Bonchev–Trinajstić information content (AvgIpc) is 2.85. The molecule has 1 heterocycles. The molecule has 0 saturated carbocycles. The summed E-state index contributed by atoms with van der Waals surface area (Å²) in [6.07, 6.45) is 3.09. The SMILES string of the molecule is CC(NS(=O)(=O)c1cc(F)ccc1N)c1ncc[nH]1. The summed E-state index contributed by atoms with van der Waals surface area (Å²) in [5, 5.41) is 0. The van der Waals surface area contributed by atoms with Crippen LogP contribution in [0.4, 0.5) is 10.1 Å². The van der Waals surface area contributed by atoms with Crippen LogP contribution in [-0.2, 0) is 10.0 Å². The molecular formula is C11H13FN4O2S. The molecule has 1 aromatic carbocycles. The Bertz CT molecular complexity index is 670. The molecule has 0 amide bonds. The van der Waals surface area contributed by atoms with Gasteiger partial charge in [0.05, 0.1) is 11.7 Å². The highest BCUT2D eigenvalue weighted by Gasteiger charge is 2.22. The van der Waals surface area contributed by atoms with Crippen LogP contribution >= 0.6 is 0 Å². The number of hydrogen-bond donors (Lipinski definition) is 3. The molecule has 0 fully saturated rings. The number of imidazole rings is 1. The topological polar surface area (TPSA) is 101 Å². The Morgan fingerprint density at radius 1 is 1.47 bits per heavy atom. The van der Waals surface area contributed by atoms with Gasteiger partial charge in [0.15, 0.2) is 0 Å². The molecular weight excluding hydrogens is 271 g/mol. The summed E-state index contributed by atoms with van der Waals surface area (Å²) in [5.41, 5.74) is 5.55. The molecule has 6 nitrogen and oxygen atoms in total. The van der Waals surface area contributed by atoms with Crippen LogP contribution in [0.25, 0.3) is 0 Å². The second kappa shape index (κ2) is 4.98. The fraction of sp³-hybridized carbons (Fsp3) is 0.182. The average molecular weight is 284 g/mol. The Hall–Kier alpha value is -1.93. The predicted molar refractivity (Wildman–Crippen MR) is 68.1 cm³/mol. The van der Waals surface area contributed by atoms with E-state index in [-0.39, 0.29) is 10.6 Å². The van der Waals surface area contributed by atoms with Gasteiger partial charge in [-0.2, -0.15) is 0 Å². The van der Waals surface area contributed by atoms with Crippen LogP contribution in [0, 0.1) is 5.82 Å². The number of hydrogen-bond acceptors (Lipinski definition) is 4. The Balaban J connectivity index is 2.30. The van der Waals surface area contributed by atoms with Crippen LogP contribution in [-0.4, -0.2) is 18.4 Å². The van der Waals surface area contributed by atoms with Crippen molar-refractivity contribution in [2.45, 2.75) is 17.9 Å². The van der Waals surface area contributed by atoms with E-state index in [0.29, 0.717) is 5.82 Å². The van der Waals surface area contributed by atoms with E-state index in [1.165, 1.54) is 12.3 Å². The summed E-state index contributed by atoms with van der Waals surface area (Å²) < 4.78 is 39.7. The number of aromatic amines is 1. The molecule has 1 atom stereocenters. The van der Waals surface area contributed by atoms with Crippen molar-refractivity contribution in [1.29, 1.82) is 0 Å². The number of halogens is 1. The van der Waals surface area contributed by atoms with Crippen molar-refractivity contribution < 1.29 is 12.8 Å².